The van der Waals surface area contributed by atoms with Gasteiger partial charge in [0.25, 0.3) is 0 Å². The van der Waals surface area contributed by atoms with Crippen molar-refractivity contribution in [2.24, 2.45) is 35.5 Å². The number of hydrogen-bond acceptors (Lipinski definition) is 5. The molecule has 7 nitrogen and oxygen atoms in total. The maximum Gasteiger partial charge on any atom is 0.0827 e. The third-order valence-corrected chi connectivity index (χ3v) is 7.89. The van der Waals surface area contributed by atoms with E-state index >= 15 is 0 Å². The van der Waals surface area contributed by atoms with Gasteiger partial charge in [0.2, 0.25) is 0 Å². The molecule has 0 aliphatic heterocycles. The van der Waals surface area contributed by atoms with Crippen molar-refractivity contribution in [2.75, 3.05) is 0 Å². The fraction of sp³-hybridized carbons (Fsp3) is 0.895. The minimum Gasteiger partial charge on any atom is -0.376 e. The third kappa shape index (κ3) is 19.5. The van der Waals surface area contributed by atoms with E-state index in [1.165, 1.54) is 12.8 Å². The first kappa shape index (κ1) is 41.3. The molecule has 0 unspecified atom stereocenters. The molecule has 0 spiro atoms. The molecule has 0 aliphatic rings. The van der Waals surface area contributed by atoms with Gasteiger partial charge in [-0.2, -0.15) is 0 Å². The van der Waals surface area contributed by atoms with Crippen molar-refractivity contribution in [3.8, 4) is 0 Å². The second-order valence-electron chi connectivity index (χ2n) is 16.5. The highest BCUT2D eigenvalue weighted by Gasteiger charge is 2.18. The second-order valence-corrected chi connectivity index (χ2v) is 16.5. The Kier molecular flexibility index (Phi) is 20.1. The molecule has 7 heteroatoms. The molecule has 0 aromatic carbocycles. The molecule has 2 aromatic rings. The van der Waals surface area contributed by atoms with Gasteiger partial charge in [0.15, 0.2) is 0 Å². The first-order valence-electron chi connectivity index (χ1n) is 18.5. The summed E-state index contributed by atoms with van der Waals surface area (Å²) in [5.74, 6) is 4.15. The minimum atomic E-state index is 0.363. The van der Waals surface area contributed by atoms with Gasteiger partial charge in [-0.05, 0) is 114 Å². The number of hydrogen-bond donors (Lipinski definition) is 0. The smallest absolute Gasteiger partial charge is 0.0827 e. The van der Waals surface area contributed by atoms with Crippen molar-refractivity contribution in [3.05, 3.63) is 23.8 Å². The van der Waals surface area contributed by atoms with E-state index in [1.54, 1.807) is 0 Å². The molecular formula is C38H74N6O. The summed E-state index contributed by atoms with van der Waals surface area (Å²) in [6.45, 7) is 31.6. The molecule has 0 saturated carbocycles. The summed E-state index contributed by atoms with van der Waals surface area (Å²) >= 11 is 0. The molecule has 0 fully saturated rings. The standard InChI is InChI=1S/C26H48N6.C12H26O/c1-19(2)13-25(14-20(3)4)31-17-23(27-29-31)11-9-10-12-24-18-32(30-28-24)26(15-21(5)6)16-22(7)8;1-9(2)7-12(8-10(3)4)13-11(5)6/h17-22,25-26H,9-16H2,1-8H3;9-12H,7-8H2,1-6H3. The average molecular weight is 631 g/mol. The molecule has 45 heavy (non-hydrogen) atoms. The third-order valence-electron chi connectivity index (χ3n) is 7.89. The van der Waals surface area contributed by atoms with Crippen molar-refractivity contribution in [3.63, 3.8) is 0 Å². The molecule has 0 bridgehead atoms. The summed E-state index contributed by atoms with van der Waals surface area (Å²) in [7, 11) is 0. The Morgan fingerprint density at radius 2 is 0.800 bits per heavy atom. The topological polar surface area (TPSA) is 70.7 Å². The highest BCUT2D eigenvalue weighted by atomic mass is 16.5. The van der Waals surface area contributed by atoms with Crippen LogP contribution in [0.1, 0.15) is 172 Å². The number of unbranched alkanes of at least 4 members (excludes halogenated alkanes) is 1. The van der Waals surface area contributed by atoms with Gasteiger partial charge >= 0.3 is 0 Å². The maximum atomic E-state index is 5.87. The number of ether oxygens (including phenoxy) is 1. The Morgan fingerprint density at radius 1 is 0.489 bits per heavy atom. The van der Waals surface area contributed by atoms with E-state index in [4.69, 9.17) is 4.74 Å². The molecule has 2 rings (SSSR count). The summed E-state index contributed by atoms with van der Waals surface area (Å²) in [5, 5.41) is 17.9. The van der Waals surface area contributed by atoms with E-state index in [0.29, 0.717) is 48.0 Å². The Morgan fingerprint density at radius 3 is 1.07 bits per heavy atom. The molecule has 0 radical (unpaired) electrons. The lowest BCUT2D eigenvalue weighted by atomic mass is 9.96. The quantitative estimate of drug-likeness (QED) is 0.128. The molecule has 262 valence electrons. The summed E-state index contributed by atoms with van der Waals surface area (Å²) in [5.41, 5.74) is 2.22. The summed E-state index contributed by atoms with van der Waals surface area (Å²) in [6, 6.07) is 0.909. The van der Waals surface area contributed by atoms with Crippen LogP contribution < -0.4 is 0 Å². The predicted octanol–water partition coefficient (Wildman–Crippen LogP) is 10.6. The Labute approximate surface area is 279 Å². The molecule has 0 amide bonds. The first-order valence-corrected chi connectivity index (χ1v) is 18.5. The van der Waals surface area contributed by atoms with E-state index in [1.807, 2.05) is 0 Å². The monoisotopic (exact) mass is 631 g/mol. The molecular weight excluding hydrogens is 556 g/mol. The van der Waals surface area contributed by atoms with Gasteiger partial charge in [-0.15, -0.1) is 10.2 Å². The molecule has 0 atom stereocenters. The zero-order valence-corrected chi connectivity index (χ0v) is 32.1. The number of nitrogens with zero attached hydrogens (tertiary/aromatic N) is 6. The lowest BCUT2D eigenvalue weighted by molar-refractivity contribution is -0.0140. The number of rotatable bonds is 21. The van der Waals surface area contributed by atoms with Gasteiger partial charge < -0.3 is 4.74 Å². The Bertz CT molecular complexity index is 882. The van der Waals surface area contributed by atoms with Crippen molar-refractivity contribution in [1.29, 1.82) is 0 Å². The minimum absolute atomic E-state index is 0.363. The van der Waals surface area contributed by atoms with Crippen LogP contribution in [-0.2, 0) is 17.6 Å². The van der Waals surface area contributed by atoms with E-state index in [-0.39, 0.29) is 0 Å². The summed E-state index contributed by atoms with van der Waals surface area (Å²) < 4.78 is 10.1. The van der Waals surface area contributed by atoms with Crippen molar-refractivity contribution < 1.29 is 4.74 Å². The van der Waals surface area contributed by atoms with Crippen molar-refractivity contribution in [2.45, 2.75) is 185 Å². The highest BCUT2D eigenvalue weighted by molar-refractivity contribution is 4.96. The fourth-order valence-corrected chi connectivity index (χ4v) is 6.27. The van der Waals surface area contributed by atoms with Crippen molar-refractivity contribution in [1.82, 2.24) is 30.0 Å². The molecule has 2 heterocycles. The predicted molar refractivity (Wildman–Crippen MR) is 191 cm³/mol. The van der Waals surface area contributed by atoms with Crippen LogP contribution in [0, 0.1) is 35.5 Å². The largest absolute Gasteiger partial charge is 0.376 e. The van der Waals surface area contributed by atoms with Gasteiger partial charge in [-0.25, -0.2) is 9.36 Å². The normalized spacial score (nSPS) is 12.5. The van der Waals surface area contributed by atoms with Crippen LogP contribution in [0.3, 0.4) is 0 Å². The van der Waals surface area contributed by atoms with Crippen LogP contribution in [0.15, 0.2) is 12.4 Å². The SMILES string of the molecule is CC(C)CC(CC(C)C)OC(C)C.CC(C)CC(CC(C)C)n1cc(CCCCc2cn(C(CC(C)C)CC(C)C)nn2)nn1. The van der Waals surface area contributed by atoms with Crippen LogP contribution >= 0.6 is 0 Å². The van der Waals surface area contributed by atoms with Gasteiger partial charge in [0, 0.05) is 12.4 Å². The maximum absolute atomic E-state index is 5.87. The second kappa shape index (κ2) is 21.9. The van der Waals surface area contributed by atoms with Gasteiger partial charge in [0.1, 0.15) is 0 Å². The molecule has 2 aromatic heterocycles. The van der Waals surface area contributed by atoms with Crippen LogP contribution in [-0.4, -0.2) is 42.2 Å². The van der Waals surface area contributed by atoms with Crippen LogP contribution in [0.5, 0.6) is 0 Å². The molecule has 0 N–H and O–H groups in total. The highest BCUT2D eigenvalue weighted by Crippen LogP contribution is 2.26. The van der Waals surface area contributed by atoms with Crippen LogP contribution in [0.2, 0.25) is 0 Å². The van der Waals surface area contributed by atoms with E-state index in [2.05, 4.69) is 139 Å². The summed E-state index contributed by atoms with van der Waals surface area (Å²) in [6.07, 6.45) is 16.4. The molecule has 0 aliphatic carbocycles. The van der Waals surface area contributed by atoms with Crippen molar-refractivity contribution >= 4 is 0 Å². The van der Waals surface area contributed by atoms with Gasteiger partial charge in [-0.3, -0.25) is 0 Å². The number of aromatic nitrogens is 6. The zero-order chi connectivity index (χ0) is 34.1. The fourth-order valence-electron chi connectivity index (χ4n) is 6.27. The van der Waals surface area contributed by atoms with E-state index in [0.717, 1.165) is 74.6 Å². The lowest BCUT2D eigenvalue weighted by Crippen LogP contribution is -2.21. The van der Waals surface area contributed by atoms with Crippen LogP contribution in [0.4, 0.5) is 0 Å². The number of aryl methyl sites for hydroxylation is 2. The van der Waals surface area contributed by atoms with E-state index < -0.39 is 0 Å². The summed E-state index contributed by atoms with van der Waals surface area (Å²) in [4.78, 5) is 0. The Balaban J connectivity index is 0.000000656. The first-order chi connectivity index (χ1) is 21.0. The lowest BCUT2D eigenvalue weighted by Gasteiger charge is -2.23. The Hall–Kier alpha value is -1.76. The van der Waals surface area contributed by atoms with Crippen LogP contribution in [0.25, 0.3) is 0 Å². The molecule has 0 saturated heterocycles. The zero-order valence-electron chi connectivity index (χ0n) is 32.1. The van der Waals surface area contributed by atoms with Gasteiger partial charge in [0.05, 0.1) is 35.7 Å². The van der Waals surface area contributed by atoms with Gasteiger partial charge in [-0.1, -0.05) is 93.5 Å². The van der Waals surface area contributed by atoms with E-state index in [9.17, 15) is 0 Å². The average Bonchev–Trinajstić information content (AvgIpc) is 3.54.